The molecule has 0 spiro atoms. The molecule has 5 nitrogen and oxygen atoms in total. The van der Waals surface area contributed by atoms with Crippen LogP contribution in [0.5, 0.6) is 0 Å². The van der Waals surface area contributed by atoms with Gasteiger partial charge in [-0.25, -0.2) is 0 Å². The molecular weight excluding hydrogens is 278 g/mol. The van der Waals surface area contributed by atoms with Crippen LogP contribution >= 0.6 is 11.6 Å². The van der Waals surface area contributed by atoms with Crippen molar-refractivity contribution < 1.29 is 9.59 Å². The molecule has 20 heavy (non-hydrogen) atoms. The van der Waals surface area contributed by atoms with Gasteiger partial charge in [-0.3, -0.25) is 9.59 Å². The van der Waals surface area contributed by atoms with Gasteiger partial charge in [0.1, 0.15) is 0 Å². The van der Waals surface area contributed by atoms with E-state index in [9.17, 15) is 9.59 Å². The van der Waals surface area contributed by atoms with Gasteiger partial charge < -0.3 is 15.5 Å². The first-order chi connectivity index (χ1) is 9.40. The molecule has 0 unspecified atom stereocenters. The number of nitrogens with one attached hydrogen (secondary N) is 2. The summed E-state index contributed by atoms with van der Waals surface area (Å²) in [5.74, 6) is -0.317. The second kappa shape index (κ2) is 5.81. The minimum absolute atomic E-state index is 0.0369. The summed E-state index contributed by atoms with van der Waals surface area (Å²) < 4.78 is 0. The summed E-state index contributed by atoms with van der Waals surface area (Å²) in [6.07, 6.45) is 0. The normalized spacial score (nSPS) is 17.9. The lowest BCUT2D eigenvalue weighted by Crippen LogP contribution is -2.62. The largest absolute Gasteiger partial charge is 0.331 e. The van der Waals surface area contributed by atoms with Crippen molar-refractivity contribution in [2.75, 3.05) is 25.0 Å². The number of benzene rings is 1. The molecule has 1 saturated heterocycles. The molecule has 2 rings (SSSR count). The van der Waals surface area contributed by atoms with Crippen molar-refractivity contribution in [1.29, 1.82) is 0 Å². The fourth-order valence-electron chi connectivity index (χ4n) is 2.15. The summed E-state index contributed by atoms with van der Waals surface area (Å²) in [5.41, 5.74) is -0.0656. The summed E-state index contributed by atoms with van der Waals surface area (Å²) in [6, 6.07) is 7.01. The Bertz CT molecular complexity index is 531. The summed E-state index contributed by atoms with van der Waals surface area (Å²) in [4.78, 5) is 25.7. The van der Waals surface area contributed by atoms with E-state index in [0.717, 1.165) is 0 Å². The van der Waals surface area contributed by atoms with Gasteiger partial charge in [-0.1, -0.05) is 23.7 Å². The molecule has 1 aliphatic rings. The number of rotatable bonds is 3. The maximum absolute atomic E-state index is 12.2. The molecule has 108 valence electrons. The standard InChI is InChI=1S/C14H18ClN3O2/c1-14(2)13(20)18(8-7-16-14)9-12(19)17-11-6-4-3-5-10(11)15/h3-6,16H,7-9H2,1-2H3,(H,17,19). The first-order valence-electron chi connectivity index (χ1n) is 6.49. The van der Waals surface area contributed by atoms with Crippen LogP contribution in [-0.2, 0) is 9.59 Å². The topological polar surface area (TPSA) is 61.4 Å². The lowest BCUT2D eigenvalue weighted by molar-refractivity contribution is -0.142. The molecule has 1 heterocycles. The number of amides is 2. The zero-order chi connectivity index (χ0) is 14.8. The van der Waals surface area contributed by atoms with Crippen molar-refractivity contribution in [3.8, 4) is 0 Å². The molecular formula is C14H18ClN3O2. The van der Waals surface area contributed by atoms with Gasteiger partial charge in [-0.15, -0.1) is 0 Å². The number of anilines is 1. The first kappa shape index (κ1) is 14.8. The smallest absolute Gasteiger partial charge is 0.244 e. The maximum atomic E-state index is 12.2. The van der Waals surface area contributed by atoms with Crippen LogP contribution in [0.1, 0.15) is 13.8 Å². The highest BCUT2D eigenvalue weighted by molar-refractivity contribution is 6.33. The fourth-order valence-corrected chi connectivity index (χ4v) is 2.34. The van der Waals surface area contributed by atoms with E-state index >= 15 is 0 Å². The molecule has 2 N–H and O–H groups in total. The Morgan fingerprint density at radius 2 is 2.15 bits per heavy atom. The Kier molecular flexibility index (Phi) is 4.30. The van der Waals surface area contributed by atoms with Crippen LogP contribution in [0.2, 0.25) is 5.02 Å². The van der Waals surface area contributed by atoms with Crippen molar-refractivity contribution in [3.63, 3.8) is 0 Å². The van der Waals surface area contributed by atoms with E-state index in [-0.39, 0.29) is 18.4 Å². The molecule has 0 saturated carbocycles. The van der Waals surface area contributed by atoms with Gasteiger partial charge in [-0.05, 0) is 26.0 Å². The van der Waals surface area contributed by atoms with Gasteiger partial charge in [0.05, 0.1) is 22.8 Å². The van der Waals surface area contributed by atoms with Crippen molar-refractivity contribution in [3.05, 3.63) is 29.3 Å². The molecule has 0 radical (unpaired) electrons. The quantitative estimate of drug-likeness (QED) is 0.888. The molecule has 0 atom stereocenters. The number of hydrogen-bond donors (Lipinski definition) is 2. The molecule has 1 aromatic rings. The highest BCUT2D eigenvalue weighted by atomic mass is 35.5. The number of carbonyl (C=O) groups is 2. The minimum Gasteiger partial charge on any atom is -0.331 e. The van der Waals surface area contributed by atoms with Gasteiger partial charge in [0.2, 0.25) is 11.8 Å². The van der Waals surface area contributed by atoms with Crippen molar-refractivity contribution in [2.45, 2.75) is 19.4 Å². The predicted molar refractivity (Wildman–Crippen MR) is 78.7 cm³/mol. The zero-order valence-corrected chi connectivity index (χ0v) is 12.3. The Balaban J connectivity index is 1.98. The average Bonchev–Trinajstić information content (AvgIpc) is 2.38. The van der Waals surface area contributed by atoms with Gasteiger partial charge in [-0.2, -0.15) is 0 Å². The van der Waals surface area contributed by atoms with Crippen LogP contribution in [0.3, 0.4) is 0 Å². The van der Waals surface area contributed by atoms with Crippen LogP contribution in [0.15, 0.2) is 24.3 Å². The van der Waals surface area contributed by atoms with E-state index in [1.807, 2.05) is 13.8 Å². The monoisotopic (exact) mass is 295 g/mol. The molecule has 1 aromatic carbocycles. The second-order valence-electron chi connectivity index (χ2n) is 5.31. The van der Waals surface area contributed by atoms with Gasteiger partial charge >= 0.3 is 0 Å². The molecule has 1 fully saturated rings. The van der Waals surface area contributed by atoms with Crippen molar-refractivity contribution in [2.24, 2.45) is 0 Å². The Morgan fingerprint density at radius 3 is 2.85 bits per heavy atom. The minimum atomic E-state index is -0.622. The van der Waals surface area contributed by atoms with Crippen LogP contribution < -0.4 is 10.6 Å². The third kappa shape index (κ3) is 3.29. The number of nitrogens with zero attached hydrogens (tertiary/aromatic N) is 1. The van der Waals surface area contributed by atoms with E-state index in [1.54, 1.807) is 29.2 Å². The van der Waals surface area contributed by atoms with Crippen LogP contribution in [-0.4, -0.2) is 41.9 Å². The van der Waals surface area contributed by atoms with Gasteiger partial charge in [0.15, 0.2) is 0 Å². The summed E-state index contributed by atoms with van der Waals surface area (Å²) >= 11 is 5.98. The Morgan fingerprint density at radius 1 is 1.45 bits per heavy atom. The zero-order valence-electron chi connectivity index (χ0n) is 11.6. The van der Waals surface area contributed by atoms with E-state index in [1.165, 1.54) is 0 Å². The number of para-hydroxylation sites is 1. The van der Waals surface area contributed by atoms with E-state index < -0.39 is 5.54 Å². The van der Waals surface area contributed by atoms with Gasteiger partial charge in [0.25, 0.3) is 0 Å². The highest BCUT2D eigenvalue weighted by Crippen LogP contribution is 2.20. The summed E-state index contributed by atoms with van der Waals surface area (Å²) in [6.45, 7) is 4.87. The number of halogens is 1. The van der Waals surface area contributed by atoms with Crippen molar-refractivity contribution >= 4 is 29.1 Å². The van der Waals surface area contributed by atoms with E-state index in [2.05, 4.69) is 10.6 Å². The average molecular weight is 296 g/mol. The summed E-state index contributed by atoms with van der Waals surface area (Å²) in [5, 5.41) is 6.33. The number of piperazine rings is 1. The fraction of sp³-hybridized carbons (Fsp3) is 0.429. The molecule has 2 amide bonds. The first-order valence-corrected chi connectivity index (χ1v) is 6.87. The summed E-state index contributed by atoms with van der Waals surface area (Å²) in [7, 11) is 0. The lowest BCUT2D eigenvalue weighted by atomic mass is 10.0. The predicted octanol–water partition coefficient (Wildman–Crippen LogP) is 1.49. The van der Waals surface area contributed by atoms with Crippen LogP contribution in [0.4, 0.5) is 5.69 Å². The third-order valence-electron chi connectivity index (χ3n) is 3.25. The SMILES string of the molecule is CC1(C)NCCN(CC(=O)Nc2ccccc2Cl)C1=O. The molecule has 1 aliphatic heterocycles. The van der Waals surface area contributed by atoms with Crippen LogP contribution in [0.25, 0.3) is 0 Å². The Labute approximate surface area is 123 Å². The number of carbonyl (C=O) groups excluding carboxylic acids is 2. The molecule has 0 aromatic heterocycles. The van der Waals surface area contributed by atoms with E-state index in [0.29, 0.717) is 23.8 Å². The number of hydrogen-bond acceptors (Lipinski definition) is 3. The molecule has 0 aliphatic carbocycles. The second-order valence-corrected chi connectivity index (χ2v) is 5.71. The lowest BCUT2D eigenvalue weighted by Gasteiger charge is -2.37. The van der Waals surface area contributed by atoms with Crippen LogP contribution in [0, 0.1) is 0 Å². The molecule has 0 bridgehead atoms. The maximum Gasteiger partial charge on any atom is 0.244 e. The highest BCUT2D eigenvalue weighted by Gasteiger charge is 2.35. The molecule has 6 heteroatoms. The van der Waals surface area contributed by atoms with Gasteiger partial charge in [0, 0.05) is 13.1 Å². The Hall–Kier alpha value is -1.59. The van der Waals surface area contributed by atoms with Crippen molar-refractivity contribution in [1.82, 2.24) is 10.2 Å². The van der Waals surface area contributed by atoms with E-state index in [4.69, 9.17) is 11.6 Å². The third-order valence-corrected chi connectivity index (χ3v) is 3.58.